The zero-order chi connectivity index (χ0) is 31.3. The van der Waals surface area contributed by atoms with Gasteiger partial charge in [-0.25, -0.2) is 0 Å². The van der Waals surface area contributed by atoms with E-state index < -0.39 is 11.7 Å². The van der Waals surface area contributed by atoms with E-state index in [-0.39, 0.29) is 43.2 Å². The third kappa shape index (κ3) is 4.55. The van der Waals surface area contributed by atoms with Crippen LogP contribution in [0.5, 0.6) is 0 Å². The van der Waals surface area contributed by atoms with Gasteiger partial charge in [-0.15, -0.1) is 6.58 Å². The number of fused-ring (bicyclic) bond motifs is 2. The van der Waals surface area contributed by atoms with Gasteiger partial charge in [0.05, 0.1) is 36.1 Å². The van der Waals surface area contributed by atoms with Gasteiger partial charge in [-0.1, -0.05) is 67.6 Å². The van der Waals surface area contributed by atoms with Crippen molar-refractivity contribution < 1.29 is 24.2 Å². The largest absolute Gasteiger partial charge is 0.395 e. The van der Waals surface area contributed by atoms with Gasteiger partial charge in [-0.2, -0.15) is 0 Å². The Hall–Kier alpha value is -4.79. The number of aliphatic hydroxyl groups is 1. The smallest absolute Gasteiger partial charge is 0.264 e. The Bertz CT molecular complexity index is 1830. The number of hydrogen-bond donors (Lipinski definition) is 1. The average molecular weight is 602 g/mol. The van der Waals surface area contributed by atoms with Crippen LogP contribution in [-0.2, 0) is 26.5 Å². The van der Waals surface area contributed by atoms with Gasteiger partial charge in [0, 0.05) is 42.2 Å². The zero-order valence-electron chi connectivity index (χ0n) is 25.2. The molecule has 3 heterocycles. The van der Waals surface area contributed by atoms with Gasteiger partial charge in [-0.3, -0.25) is 19.3 Å². The van der Waals surface area contributed by atoms with Crippen LogP contribution in [0.3, 0.4) is 0 Å². The van der Waals surface area contributed by atoms with E-state index in [0.717, 1.165) is 27.7 Å². The Morgan fingerprint density at radius 3 is 2.58 bits per heavy atom. The van der Waals surface area contributed by atoms with E-state index in [1.165, 1.54) is 0 Å². The molecule has 1 spiro atoms. The third-order valence-electron chi connectivity index (χ3n) is 9.37. The molecule has 8 nitrogen and oxygen atoms in total. The second kappa shape index (κ2) is 11.3. The number of benzene rings is 4. The van der Waals surface area contributed by atoms with Crippen molar-refractivity contribution in [2.45, 2.75) is 38.0 Å². The molecule has 4 aromatic carbocycles. The first-order valence-electron chi connectivity index (χ1n) is 15.4. The van der Waals surface area contributed by atoms with Gasteiger partial charge in [0.15, 0.2) is 5.60 Å². The Morgan fingerprint density at radius 1 is 1.04 bits per heavy atom. The minimum atomic E-state index is -1.30. The number of carbonyl (C=O) groups is 3. The van der Waals surface area contributed by atoms with Gasteiger partial charge in [0.2, 0.25) is 5.91 Å². The van der Waals surface area contributed by atoms with E-state index >= 15 is 0 Å². The van der Waals surface area contributed by atoms with E-state index in [2.05, 4.69) is 6.58 Å². The molecule has 45 heavy (non-hydrogen) atoms. The predicted molar refractivity (Wildman–Crippen MR) is 173 cm³/mol. The second-order valence-corrected chi connectivity index (χ2v) is 12.1. The van der Waals surface area contributed by atoms with Gasteiger partial charge in [-0.05, 0) is 47.7 Å². The molecular weight excluding hydrogens is 566 g/mol. The topological polar surface area (TPSA) is 90.4 Å². The lowest BCUT2D eigenvalue weighted by molar-refractivity contribution is -0.149. The summed E-state index contributed by atoms with van der Waals surface area (Å²) >= 11 is 0. The summed E-state index contributed by atoms with van der Waals surface area (Å²) in [4.78, 5) is 46.6. The number of rotatable bonds is 9. The van der Waals surface area contributed by atoms with Crippen LogP contribution in [0, 0.1) is 5.92 Å². The lowest BCUT2D eigenvalue weighted by Gasteiger charge is -2.29. The van der Waals surface area contributed by atoms with Crippen molar-refractivity contribution in [1.29, 1.82) is 0 Å². The number of nitrogens with zero attached hydrogens (tertiary/aromatic N) is 3. The van der Waals surface area contributed by atoms with Gasteiger partial charge >= 0.3 is 0 Å². The number of ether oxygens (including phenoxy) is 1. The molecule has 7 rings (SSSR count). The standard InChI is InChI=1S/C37H35N3O5/c1-3-17-39-31-16-15-27(40-32-14-8-12-26-11-7-13-29(34(26)32)35(40)43)21-30(31)37(36(39)44)24(2)20-28(45-37)22-33(42)38(18-19-41)23-25-9-5-4-6-10-25/h3-16,21,24,28,41H,1,17-20,22-23H2,2H3/t24-,28-,37+/m0/s1. The Balaban J connectivity index is 1.22. The summed E-state index contributed by atoms with van der Waals surface area (Å²) in [5.41, 5.74) is 3.19. The molecule has 0 radical (unpaired) electrons. The highest BCUT2D eigenvalue weighted by atomic mass is 16.5. The normalized spacial score (nSPS) is 21.6. The van der Waals surface area contributed by atoms with Crippen molar-refractivity contribution in [2.24, 2.45) is 5.92 Å². The zero-order valence-corrected chi connectivity index (χ0v) is 25.2. The Morgan fingerprint density at radius 2 is 1.82 bits per heavy atom. The van der Waals surface area contributed by atoms with Crippen LogP contribution in [0.25, 0.3) is 10.8 Å². The fourth-order valence-corrected chi connectivity index (χ4v) is 7.35. The predicted octanol–water partition coefficient (Wildman–Crippen LogP) is 5.70. The van der Waals surface area contributed by atoms with E-state index in [9.17, 15) is 19.5 Å². The molecule has 1 fully saturated rings. The van der Waals surface area contributed by atoms with E-state index in [1.807, 2.05) is 91.9 Å². The van der Waals surface area contributed by atoms with E-state index in [4.69, 9.17) is 4.74 Å². The maximum Gasteiger partial charge on any atom is 0.264 e. The van der Waals surface area contributed by atoms with Crippen LogP contribution >= 0.6 is 0 Å². The molecule has 4 aromatic rings. The molecule has 228 valence electrons. The van der Waals surface area contributed by atoms with Crippen molar-refractivity contribution in [2.75, 3.05) is 29.5 Å². The fourth-order valence-electron chi connectivity index (χ4n) is 7.35. The summed E-state index contributed by atoms with van der Waals surface area (Å²) in [7, 11) is 0. The minimum Gasteiger partial charge on any atom is -0.395 e. The summed E-state index contributed by atoms with van der Waals surface area (Å²) < 4.78 is 6.71. The summed E-state index contributed by atoms with van der Waals surface area (Å²) in [5, 5.41) is 11.6. The third-order valence-corrected chi connectivity index (χ3v) is 9.37. The first-order chi connectivity index (χ1) is 21.9. The van der Waals surface area contributed by atoms with Crippen molar-refractivity contribution in [1.82, 2.24) is 4.90 Å². The number of aliphatic hydroxyl groups excluding tert-OH is 1. The number of amides is 3. The maximum absolute atomic E-state index is 14.3. The molecule has 3 aliphatic rings. The minimum absolute atomic E-state index is 0.0879. The van der Waals surface area contributed by atoms with E-state index in [0.29, 0.717) is 36.3 Å². The second-order valence-electron chi connectivity index (χ2n) is 12.1. The molecule has 3 aliphatic heterocycles. The van der Waals surface area contributed by atoms with Gasteiger partial charge in [0.25, 0.3) is 11.8 Å². The highest BCUT2D eigenvalue weighted by Crippen LogP contribution is 2.55. The molecule has 1 saturated heterocycles. The van der Waals surface area contributed by atoms with Crippen LogP contribution in [0.15, 0.2) is 97.6 Å². The van der Waals surface area contributed by atoms with Crippen molar-refractivity contribution in [3.05, 3.63) is 114 Å². The first-order valence-corrected chi connectivity index (χ1v) is 15.4. The first kappa shape index (κ1) is 29.0. The molecular formula is C37H35N3O5. The van der Waals surface area contributed by atoms with Crippen LogP contribution < -0.4 is 9.80 Å². The van der Waals surface area contributed by atoms with Gasteiger partial charge < -0.3 is 19.6 Å². The summed E-state index contributed by atoms with van der Waals surface area (Å²) in [5.74, 6) is -0.680. The molecule has 1 N–H and O–H groups in total. The lowest BCUT2D eigenvalue weighted by atomic mass is 9.82. The monoisotopic (exact) mass is 601 g/mol. The lowest BCUT2D eigenvalue weighted by Crippen LogP contribution is -2.44. The summed E-state index contributed by atoms with van der Waals surface area (Å²) in [6.45, 7) is 6.60. The Kier molecular flexibility index (Phi) is 7.26. The SMILES string of the molecule is C=CCN1C(=O)[C@]2(O[C@H](CC(=O)N(CCO)Cc3ccccc3)C[C@@H]2C)c2cc(N3C(=O)c4cccc5cccc3c45)ccc21. The molecule has 0 saturated carbocycles. The molecule has 8 heteroatoms. The van der Waals surface area contributed by atoms with Crippen LogP contribution in [0.1, 0.15) is 41.3 Å². The highest BCUT2D eigenvalue weighted by Gasteiger charge is 2.60. The van der Waals surface area contributed by atoms with Crippen LogP contribution in [0.4, 0.5) is 17.1 Å². The average Bonchev–Trinajstić information content (AvgIpc) is 3.62. The number of hydrogen-bond acceptors (Lipinski definition) is 5. The number of anilines is 3. The fraction of sp³-hybridized carbons (Fsp3) is 0.270. The molecule has 0 bridgehead atoms. The van der Waals surface area contributed by atoms with Crippen molar-refractivity contribution >= 4 is 45.6 Å². The molecule has 3 atom stereocenters. The van der Waals surface area contributed by atoms with Crippen LogP contribution in [-0.4, -0.2) is 53.5 Å². The van der Waals surface area contributed by atoms with Crippen LogP contribution in [0.2, 0.25) is 0 Å². The summed E-state index contributed by atoms with van der Waals surface area (Å²) in [6.07, 6.45) is 1.78. The molecule has 0 aliphatic carbocycles. The quantitative estimate of drug-likeness (QED) is 0.249. The van der Waals surface area contributed by atoms with Crippen molar-refractivity contribution in [3.63, 3.8) is 0 Å². The molecule has 0 aromatic heterocycles. The molecule has 0 unspecified atom stereocenters. The highest BCUT2D eigenvalue weighted by molar-refractivity contribution is 6.28. The summed E-state index contributed by atoms with van der Waals surface area (Å²) in [6, 6.07) is 27.0. The molecule has 3 amide bonds. The maximum atomic E-state index is 14.3. The number of carbonyl (C=O) groups excluding carboxylic acids is 3. The van der Waals surface area contributed by atoms with E-state index in [1.54, 1.807) is 20.8 Å². The van der Waals surface area contributed by atoms with Crippen molar-refractivity contribution in [3.8, 4) is 0 Å². The van der Waals surface area contributed by atoms with Gasteiger partial charge in [0.1, 0.15) is 0 Å². The Labute approximate surface area is 262 Å².